The van der Waals surface area contributed by atoms with E-state index >= 15 is 0 Å². The lowest BCUT2D eigenvalue weighted by molar-refractivity contribution is 0.428. The van der Waals surface area contributed by atoms with E-state index in [-0.39, 0.29) is 5.75 Å². The average Bonchev–Trinajstić information content (AvgIpc) is 2.57. The van der Waals surface area contributed by atoms with Crippen LogP contribution in [0.1, 0.15) is 44.6 Å². The molecule has 0 fully saturated rings. The molecule has 0 saturated carbocycles. The van der Waals surface area contributed by atoms with Crippen LogP contribution in [0.25, 0.3) is 0 Å². The highest BCUT2D eigenvalue weighted by Crippen LogP contribution is 2.34. The second-order valence-electron chi connectivity index (χ2n) is 5.98. The minimum Gasteiger partial charge on any atom is -0.506 e. The molecule has 5 nitrogen and oxygen atoms in total. The number of hydrogen-bond acceptors (Lipinski definition) is 4. The number of para-hydroxylation sites is 1. The lowest BCUT2D eigenvalue weighted by Gasteiger charge is -2.12. The molecule has 2 rings (SSSR count). The maximum absolute atomic E-state index is 11.6. The van der Waals surface area contributed by atoms with Crippen LogP contribution in [0.5, 0.6) is 17.2 Å². The standard InChI is InChI=1S/C19H24O5S/c1-2-3-4-5-7-10-15-13-17(24-16-11-8-6-9-12-16)14-18(19(15)20)25(21,22)23/h6,8-9,11-14,20H,2-5,7,10H2,1H3,(H,21,22,23). The van der Waals surface area contributed by atoms with Gasteiger partial charge < -0.3 is 9.84 Å². The van der Waals surface area contributed by atoms with E-state index in [1.54, 1.807) is 30.3 Å². The first-order valence-electron chi connectivity index (χ1n) is 8.48. The molecule has 0 unspecified atom stereocenters. The van der Waals surface area contributed by atoms with E-state index in [1.165, 1.54) is 0 Å². The average molecular weight is 364 g/mol. The van der Waals surface area contributed by atoms with Gasteiger partial charge in [0.25, 0.3) is 10.1 Å². The molecule has 0 saturated heterocycles. The van der Waals surface area contributed by atoms with Gasteiger partial charge in [0.15, 0.2) is 0 Å². The third kappa shape index (κ3) is 5.76. The highest BCUT2D eigenvalue weighted by molar-refractivity contribution is 7.86. The normalized spacial score (nSPS) is 11.4. The van der Waals surface area contributed by atoms with E-state index in [0.717, 1.165) is 38.2 Å². The van der Waals surface area contributed by atoms with Crippen LogP contribution in [0.2, 0.25) is 0 Å². The predicted molar refractivity (Wildman–Crippen MR) is 96.9 cm³/mol. The zero-order valence-corrected chi connectivity index (χ0v) is 15.1. The molecular formula is C19H24O5S. The van der Waals surface area contributed by atoms with Gasteiger partial charge >= 0.3 is 0 Å². The summed E-state index contributed by atoms with van der Waals surface area (Å²) in [7, 11) is -4.54. The van der Waals surface area contributed by atoms with E-state index < -0.39 is 20.8 Å². The van der Waals surface area contributed by atoms with Crippen LogP contribution < -0.4 is 4.74 Å². The van der Waals surface area contributed by atoms with Gasteiger partial charge in [0.1, 0.15) is 22.1 Å². The monoisotopic (exact) mass is 364 g/mol. The number of phenols is 1. The summed E-state index contributed by atoms with van der Waals surface area (Å²) in [6, 6.07) is 11.7. The molecular weight excluding hydrogens is 340 g/mol. The largest absolute Gasteiger partial charge is 0.506 e. The number of aromatic hydroxyl groups is 1. The predicted octanol–water partition coefficient (Wildman–Crippen LogP) is 4.94. The molecule has 136 valence electrons. The quantitative estimate of drug-likeness (QED) is 0.486. The van der Waals surface area contributed by atoms with Crippen LogP contribution in [0.3, 0.4) is 0 Å². The third-order valence-corrected chi connectivity index (χ3v) is 4.80. The van der Waals surface area contributed by atoms with Crippen molar-refractivity contribution in [2.75, 3.05) is 0 Å². The fourth-order valence-corrected chi connectivity index (χ4v) is 3.27. The third-order valence-electron chi connectivity index (χ3n) is 3.93. The van der Waals surface area contributed by atoms with Crippen molar-refractivity contribution in [1.29, 1.82) is 0 Å². The molecule has 0 aliphatic heterocycles. The Hall–Kier alpha value is -2.05. The van der Waals surface area contributed by atoms with Crippen LogP contribution >= 0.6 is 0 Å². The Kier molecular flexibility index (Phi) is 6.84. The van der Waals surface area contributed by atoms with Crippen molar-refractivity contribution in [3.8, 4) is 17.2 Å². The number of hydrogen-bond donors (Lipinski definition) is 2. The summed E-state index contributed by atoms with van der Waals surface area (Å²) in [6.07, 6.45) is 5.73. The molecule has 0 amide bonds. The Labute approximate surface area is 149 Å². The fourth-order valence-electron chi connectivity index (χ4n) is 2.63. The van der Waals surface area contributed by atoms with E-state index in [4.69, 9.17) is 4.74 Å². The van der Waals surface area contributed by atoms with Crippen LogP contribution in [0, 0.1) is 0 Å². The summed E-state index contributed by atoms with van der Waals surface area (Å²) in [5.74, 6) is 0.405. The highest BCUT2D eigenvalue weighted by atomic mass is 32.2. The summed E-state index contributed by atoms with van der Waals surface area (Å²) in [6.45, 7) is 2.13. The van der Waals surface area contributed by atoms with Crippen LogP contribution in [0.4, 0.5) is 0 Å². The number of benzene rings is 2. The number of phenolic OH excluding ortho intramolecular Hbond substituents is 1. The molecule has 0 atom stereocenters. The molecule has 0 bridgehead atoms. The van der Waals surface area contributed by atoms with E-state index in [1.807, 2.05) is 6.07 Å². The van der Waals surface area contributed by atoms with Gasteiger partial charge in [0, 0.05) is 6.07 Å². The van der Waals surface area contributed by atoms with E-state index in [9.17, 15) is 18.1 Å². The number of ether oxygens (including phenoxy) is 1. The van der Waals surface area contributed by atoms with Gasteiger partial charge in [0.2, 0.25) is 0 Å². The Morgan fingerprint density at radius 1 is 0.960 bits per heavy atom. The van der Waals surface area contributed by atoms with E-state index in [0.29, 0.717) is 17.7 Å². The van der Waals surface area contributed by atoms with Crippen LogP contribution in [-0.2, 0) is 16.5 Å². The highest BCUT2D eigenvalue weighted by Gasteiger charge is 2.20. The molecule has 0 heterocycles. The van der Waals surface area contributed by atoms with Crippen molar-refractivity contribution in [2.45, 2.75) is 50.3 Å². The topological polar surface area (TPSA) is 83.8 Å². The van der Waals surface area contributed by atoms with Crippen molar-refractivity contribution in [3.63, 3.8) is 0 Å². The first-order valence-corrected chi connectivity index (χ1v) is 9.92. The molecule has 25 heavy (non-hydrogen) atoms. The molecule has 2 aromatic carbocycles. The molecule has 0 aromatic heterocycles. The van der Waals surface area contributed by atoms with Crippen molar-refractivity contribution in [1.82, 2.24) is 0 Å². The number of rotatable bonds is 9. The number of unbranched alkanes of at least 4 members (excludes halogenated alkanes) is 4. The summed E-state index contributed by atoms with van der Waals surface area (Å²) >= 11 is 0. The second kappa shape index (κ2) is 8.87. The molecule has 2 aromatic rings. The maximum Gasteiger partial charge on any atom is 0.298 e. The smallest absolute Gasteiger partial charge is 0.298 e. The van der Waals surface area contributed by atoms with Crippen molar-refractivity contribution < 1.29 is 22.8 Å². The second-order valence-corrected chi connectivity index (χ2v) is 7.37. The van der Waals surface area contributed by atoms with Crippen LogP contribution in [0.15, 0.2) is 47.4 Å². The molecule has 0 radical (unpaired) electrons. The van der Waals surface area contributed by atoms with Gasteiger partial charge in [-0.05, 0) is 36.6 Å². The Bertz CT molecular complexity index is 785. The molecule has 2 N–H and O–H groups in total. The van der Waals surface area contributed by atoms with Gasteiger partial charge in [-0.1, -0.05) is 50.8 Å². The minimum absolute atomic E-state index is 0.264. The first kappa shape index (κ1) is 19.3. The van der Waals surface area contributed by atoms with Gasteiger partial charge in [-0.2, -0.15) is 8.42 Å². The Morgan fingerprint density at radius 2 is 1.64 bits per heavy atom. The molecule has 0 spiro atoms. The molecule has 0 aliphatic rings. The first-order chi connectivity index (χ1) is 11.9. The summed E-state index contributed by atoms with van der Waals surface area (Å²) in [5, 5.41) is 10.2. The molecule has 6 heteroatoms. The maximum atomic E-state index is 11.6. The van der Waals surface area contributed by atoms with Crippen molar-refractivity contribution in [3.05, 3.63) is 48.0 Å². The van der Waals surface area contributed by atoms with Crippen molar-refractivity contribution in [2.24, 2.45) is 0 Å². The van der Waals surface area contributed by atoms with Crippen LogP contribution in [-0.4, -0.2) is 18.1 Å². The lowest BCUT2D eigenvalue weighted by atomic mass is 10.0. The van der Waals surface area contributed by atoms with Crippen molar-refractivity contribution >= 4 is 10.1 Å². The summed E-state index contributed by atoms with van der Waals surface area (Å²) < 4.78 is 38.2. The zero-order valence-electron chi connectivity index (χ0n) is 14.3. The number of aryl methyl sites for hydroxylation is 1. The zero-order chi connectivity index (χ0) is 18.3. The SMILES string of the molecule is CCCCCCCc1cc(Oc2ccccc2)cc(S(=O)(=O)O)c1O. The van der Waals surface area contributed by atoms with Gasteiger partial charge in [-0.15, -0.1) is 0 Å². The van der Waals surface area contributed by atoms with Gasteiger partial charge in [-0.25, -0.2) is 0 Å². The Balaban J connectivity index is 2.26. The Morgan fingerprint density at radius 3 is 2.28 bits per heavy atom. The lowest BCUT2D eigenvalue weighted by Crippen LogP contribution is -2.02. The fraction of sp³-hybridized carbons (Fsp3) is 0.368. The summed E-state index contributed by atoms with van der Waals surface area (Å²) in [5.41, 5.74) is 0.456. The van der Waals surface area contributed by atoms with Gasteiger partial charge in [-0.3, -0.25) is 4.55 Å². The molecule has 0 aliphatic carbocycles. The summed E-state index contributed by atoms with van der Waals surface area (Å²) in [4.78, 5) is -0.524. The van der Waals surface area contributed by atoms with Gasteiger partial charge in [0.05, 0.1) is 0 Å². The minimum atomic E-state index is -4.54. The van der Waals surface area contributed by atoms with E-state index in [2.05, 4.69) is 6.92 Å².